The third-order valence-electron chi connectivity index (χ3n) is 4.15. The van der Waals surface area contributed by atoms with Crippen LogP contribution in [0.25, 0.3) is 10.9 Å². The molecule has 1 aromatic heterocycles. The molecule has 1 aromatic carbocycles. The fraction of sp³-hybridized carbons (Fsp3) is 0.438. The second-order valence-corrected chi connectivity index (χ2v) is 5.80. The predicted octanol–water partition coefficient (Wildman–Crippen LogP) is 1.95. The Morgan fingerprint density at radius 3 is 2.95 bits per heavy atom. The third-order valence-corrected chi connectivity index (χ3v) is 4.15. The number of aromatic nitrogens is 1. The quantitative estimate of drug-likeness (QED) is 0.778. The van der Waals surface area contributed by atoms with E-state index >= 15 is 0 Å². The largest absolute Gasteiger partial charge is 0.361 e. The van der Waals surface area contributed by atoms with Crippen molar-refractivity contribution in [3.63, 3.8) is 0 Å². The second-order valence-electron chi connectivity index (χ2n) is 5.80. The van der Waals surface area contributed by atoms with Gasteiger partial charge in [-0.3, -0.25) is 4.79 Å². The van der Waals surface area contributed by atoms with Crippen molar-refractivity contribution in [1.29, 1.82) is 0 Å². The van der Waals surface area contributed by atoms with Crippen LogP contribution in [0.15, 0.2) is 30.5 Å². The first kappa shape index (κ1) is 13.2. The minimum atomic E-state index is -0.490. The topological polar surface area (TPSA) is 70.9 Å². The van der Waals surface area contributed by atoms with Gasteiger partial charge in [-0.25, -0.2) is 0 Å². The summed E-state index contributed by atoms with van der Waals surface area (Å²) in [5.74, 6) is 0.605. The van der Waals surface area contributed by atoms with Gasteiger partial charge in [-0.15, -0.1) is 0 Å². The minimum Gasteiger partial charge on any atom is -0.361 e. The van der Waals surface area contributed by atoms with Gasteiger partial charge < -0.3 is 16.0 Å². The van der Waals surface area contributed by atoms with Gasteiger partial charge in [0.15, 0.2) is 0 Å². The van der Waals surface area contributed by atoms with Crippen LogP contribution in [0.2, 0.25) is 0 Å². The molecule has 0 radical (unpaired) electrons. The average Bonchev–Trinajstić information content (AvgIpc) is 3.22. The zero-order valence-electron chi connectivity index (χ0n) is 11.7. The molecule has 0 spiro atoms. The van der Waals surface area contributed by atoms with Crippen LogP contribution in [0.3, 0.4) is 0 Å². The van der Waals surface area contributed by atoms with E-state index in [4.69, 9.17) is 5.73 Å². The van der Waals surface area contributed by atoms with Crippen molar-refractivity contribution in [2.45, 2.75) is 38.3 Å². The summed E-state index contributed by atoms with van der Waals surface area (Å²) in [6, 6.07) is 7.83. The van der Waals surface area contributed by atoms with E-state index in [0.717, 1.165) is 16.5 Å². The van der Waals surface area contributed by atoms with Gasteiger partial charge in [-0.05, 0) is 43.7 Å². The highest BCUT2D eigenvalue weighted by Gasteiger charge is 2.30. The van der Waals surface area contributed by atoms with Crippen LogP contribution >= 0.6 is 0 Å². The standard InChI is InChI=1S/C16H21N3O/c1-10(11-6-7-11)19-16(20)14(17)8-12-9-18-15-5-3-2-4-13(12)15/h2-5,9-11,14,18H,6-8,17H2,1H3,(H,19,20). The van der Waals surface area contributed by atoms with Crippen molar-refractivity contribution in [2.75, 3.05) is 0 Å². The minimum absolute atomic E-state index is 0.0466. The maximum atomic E-state index is 12.1. The lowest BCUT2D eigenvalue weighted by Gasteiger charge is -2.17. The van der Waals surface area contributed by atoms with Gasteiger partial charge >= 0.3 is 0 Å². The maximum Gasteiger partial charge on any atom is 0.237 e. The number of hydrogen-bond acceptors (Lipinski definition) is 2. The Morgan fingerprint density at radius 1 is 1.45 bits per heavy atom. The number of para-hydroxylation sites is 1. The van der Waals surface area contributed by atoms with Crippen LogP contribution in [0.5, 0.6) is 0 Å². The number of fused-ring (bicyclic) bond motifs is 1. The lowest BCUT2D eigenvalue weighted by molar-refractivity contribution is -0.123. The SMILES string of the molecule is CC(NC(=O)C(N)Cc1c[nH]c2ccccc12)C1CC1. The number of H-pyrrole nitrogens is 1. The van der Waals surface area contributed by atoms with E-state index in [2.05, 4.69) is 23.3 Å². The fourth-order valence-electron chi connectivity index (χ4n) is 2.68. The van der Waals surface area contributed by atoms with Gasteiger partial charge in [-0.1, -0.05) is 18.2 Å². The molecule has 3 rings (SSSR count). The summed E-state index contributed by atoms with van der Waals surface area (Å²) in [7, 11) is 0. The summed E-state index contributed by atoms with van der Waals surface area (Å²) in [5.41, 5.74) is 8.23. The van der Waals surface area contributed by atoms with E-state index in [9.17, 15) is 4.79 Å². The molecule has 106 valence electrons. The van der Waals surface area contributed by atoms with Crippen molar-refractivity contribution in [2.24, 2.45) is 11.7 Å². The Labute approximate surface area is 118 Å². The zero-order valence-corrected chi connectivity index (χ0v) is 11.7. The van der Waals surface area contributed by atoms with Gasteiger partial charge in [-0.2, -0.15) is 0 Å². The van der Waals surface area contributed by atoms with E-state index in [1.165, 1.54) is 12.8 Å². The summed E-state index contributed by atoms with van der Waals surface area (Å²) in [6.45, 7) is 2.06. The zero-order chi connectivity index (χ0) is 14.1. The number of aromatic amines is 1. The summed E-state index contributed by atoms with van der Waals surface area (Å²) < 4.78 is 0. The van der Waals surface area contributed by atoms with Gasteiger partial charge in [0.05, 0.1) is 6.04 Å². The number of benzene rings is 1. The molecule has 1 heterocycles. The number of rotatable bonds is 5. The number of carbonyl (C=O) groups is 1. The summed E-state index contributed by atoms with van der Waals surface area (Å²) in [6.07, 6.45) is 4.95. The molecule has 2 atom stereocenters. The highest BCUT2D eigenvalue weighted by molar-refractivity contribution is 5.86. The Hall–Kier alpha value is -1.81. The first-order valence-corrected chi connectivity index (χ1v) is 7.26. The molecule has 4 N–H and O–H groups in total. The second kappa shape index (κ2) is 5.29. The molecule has 1 fully saturated rings. The number of nitrogens with two attached hydrogens (primary N) is 1. The maximum absolute atomic E-state index is 12.1. The van der Waals surface area contributed by atoms with Gasteiger partial charge in [0.2, 0.25) is 5.91 Å². The molecule has 1 saturated carbocycles. The third kappa shape index (κ3) is 2.70. The van der Waals surface area contributed by atoms with Crippen molar-refractivity contribution in [1.82, 2.24) is 10.3 Å². The molecule has 1 aliphatic carbocycles. The Bertz CT molecular complexity index is 615. The summed E-state index contributed by atoms with van der Waals surface area (Å²) >= 11 is 0. The molecule has 0 saturated heterocycles. The first-order valence-electron chi connectivity index (χ1n) is 7.26. The number of carbonyl (C=O) groups excluding carboxylic acids is 1. The molecule has 4 nitrogen and oxygen atoms in total. The van der Waals surface area contributed by atoms with Crippen molar-refractivity contribution >= 4 is 16.8 Å². The van der Waals surface area contributed by atoms with E-state index < -0.39 is 6.04 Å². The summed E-state index contributed by atoms with van der Waals surface area (Å²) in [5, 5.41) is 4.17. The Balaban J connectivity index is 1.65. The molecule has 1 amide bonds. The Morgan fingerprint density at radius 2 is 2.20 bits per heavy atom. The van der Waals surface area contributed by atoms with Crippen molar-refractivity contribution in [3.8, 4) is 0 Å². The van der Waals surface area contributed by atoms with Crippen LogP contribution in [-0.2, 0) is 11.2 Å². The van der Waals surface area contributed by atoms with Crippen molar-refractivity contribution in [3.05, 3.63) is 36.0 Å². The van der Waals surface area contributed by atoms with E-state index in [-0.39, 0.29) is 11.9 Å². The van der Waals surface area contributed by atoms with E-state index in [1.807, 2.05) is 24.4 Å². The lowest BCUT2D eigenvalue weighted by Crippen LogP contribution is -2.46. The van der Waals surface area contributed by atoms with Crippen LogP contribution in [-0.4, -0.2) is 23.0 Å². The molecule has 2 unspecified atom stereocenters. The molecule has 4 heteroatoms. The van der Waals surface area contributed by atoms with Gasteiger partial charge in [0.25, 0.3) is 0 Å². The molecule has 20 heavy (non-hydrogen) atoms. The van der Waals surface area contributed by atoms with E-state index in [0.29, 0.717) is 12.3 Å². The number of hydrogen-bond donors (Lipinski definition) is 3. The molecule has 1 aliphatic rings. The molecular formula is C16H21N3O. The molecule has 0 bridgehead atoms. The van der Waals surface area contributed by atoms with Crippen molar-refractivity contribution < 1.29 is 4.79 Å². The van der Waals surface area contributed by atoms with Crippen LogP contribution < -0.4 is 11.1 Å². The fourth-order valence-corrected chi connectivity index (χ4v) is 2.68. The number of nitrogens with one attached hydrogen (secondary N) is 2. The van der Waals surface area contributed by atoms with Crippen LogP contribution in [0.4, 0.5) is 0 Å². The van der Waals surface area contributed by atoms with Crippen LogP contribution in [0.1, 0.15) is 25.3 Å². The molecule has 0 aliphatic heterocycles. The van der Waals surface area contributed by atoms with Gasteiger partial charge in [0.1, 0.15) is 0 Å². The van der Waals surface area contributed by atoms with E-state index in [1.54, 1.807) is 0 Å². The van der Waals surface area contributed by atoms with Gasteiger partial charge in [0, 0.05) is 23.1 Å². The number of amides is 1. The highest BCUT2D eigenvalue weighted by atomic mass is 16.2. The average molecular weight is 271 g/mol. The molecule has 2 aromatic rings. The van der Waals surface area contributed by atoms with Crippen LogP contribution in [0, 0.1) is 5.92 Å². The summed E-state index contributed by atoms with van der Waals surface area (Å²) in [4.78, 5) is 15.3. The predicted molar refractivity (Wildman–Crippen MR) is 80.3 cm³/mol. The smallest absolute Gasteiger partial charge is 0.237 e. The molecular weight excluding hydrogens is 250 g/mol. The normalized spacial score (nSPS) is 17.9. The Kier molecular flexibility index (Phi) is 3.49. The highest BCUT2D eigenvalue weighted by Crippen LogP contribution is 2.32. The lowest BCUT2D eigenvalue weighted by atomic mass is 10.0. The monoisotopic (exact) mass is 271 g/mol. The first-order chi connectivity index (χ1) is 9.65.